The van der Waals surface area contributed by atoms with Crippen molar-refractivity contribution in [1.82, 2.24) is 14.8 Å². The number of nitrogens with two attached hydrogens (primary N) is 1. The van der Waals surface area contributed by atoms with Gasteiger partial charge < -0.3 is 10.6 Å². The van der Waals surface area contributed by atoms with Crippen LogP contribution in [0, 0.1) is 0 Å². The molecule has 0 atom stereocenters. The number of nitrogens with zero attached hydrogens (tertiary/aromatic N) is 5. The number of amides is 1. The van der Waals surface area contributed by atoms with Crippen LogP contribution in [-0.2, 0) is 24.2 Å². The fraction of sp³-hybridized carbons (Fsp3) is 0.200. The Kier molecular flexibility index (Phi) is 5.75. The Labute approximate surface area is 196 Å². The molecule has 0 saturated heterocycles. The first-order valence-electron chi connectivity index (χ1n) is 10.8. The van der Waals surface area contributed by atoms with Gasteiger partial charge in [0.1, 0.15) is 5.84 Å². The van der Waals surface area contributed by atoms with Gasteiger partial charge in [-0.15, -0.1) is 11.3 Å². The topological polar surface area (TPSA) is 89.4 Å². The van der Waals surface area contributed by atoms with Crippen molar-refractivity contribution in [3.8, 4) is 5.69 Å². The van der Waals surface area contributed by atoms with Gasteiger partial charge in [0, 0.05) is 55.5 Å². The predicted molar refractivity (Wildman–Crippen MR) is 131 cm³/mol. The molecule has 1 amide bonds. The zero-order valence-corrected chi connectivity index (χ0v) is 19.1. The second kappa shape index (κ2) is 8.99. The molecule has 0 fully saturated rings. The van der Waals surface area contributed by atoms with E-state index in [0.29, 0.717) is 0 Å². The van der Waals surface area contributed by atoms with Crippen LogP contribution in [0.5, 0.6) is 0 Å². The van der Waals surface area contributed by atoms with Crippen molar-refractivity contribution >= 4 is 28.2 Å². The van der Waals surface area contributed by atoms with Gasteiger partial charge >= 0.3 is 0 Å². The average Bonchev–Trinajstić information content (AvgIpc) is 3.51. The van der Waals surface area contributed by atoms with Crippen LogP contribution < -0.4 is 10.6 Å². The van der Waals surface area contributed by atoms with Gasteiger partial charge in [0.25, 0.3) is 0 Å². The monoisotopic (exact) mass is 456 g/mol. The first kappa shape index (κ1) is 21.1. The van der Waals surface area contributed by atoms with Crippen LogP contribution in [0.3, 0.4) is 0 Å². The lowest BCUT2D eigenvalue weighted by molar-refractivity contribution is -0.115. The Morgan fingerprint density at radius 3 is 2.79 bits per heavy atom. The average molecular weight is 457 g/mol. The van der Waals surface area contributed by atoms with Gasteiger partial charge in [-0.05, 0) is 47.4 Å². The molecule has 0 bridgehead atoms. The van der Waals surface area contributed by atoms with Crippen LogP contribution in [-0.4, -0.2) is 33.1 Å². The highest BCUT2D eigenvalue weighted by molar-refractivity contribution is 7.15. The summed E-state index contributed by atoms with van der Waals surface area (Å²) in [5.41, 5.74) is 11.6. The Bertz CT molecular complexity index is 1310. The van der Waals surface area contributed by atoms with Crippen molar-refractivity contribution in [1.29, 1.82) is 0 Å². The van der Waals surface area contributed by atoms with E-state index in [1.165, 1.54) is 28.5 Å². The number of aliphatic imine (C=N–C) groups is 1. The van der Waals surface area contributed by atoms with E-state index in [2.05, 4.69) is 45.3 Å². The smallest absolute Gasteiger partial charge is 0.244 e. The highest BCUT2D eigenvalue weighted by Crippen LogP contribution is 2.30. The second-order valence-electron chi connectivity index (χ2n) is 8.07. The van der Waals surface area contributed by atoms with Crippen molar-refractivity contribution in [2.45, 2.75) is 26.3 Å². The molecule has 1 aliphatic heterocycles. The summed E-state index contributed by atoms with van der Waals surface area (Å²) in [7, 11) is 0. The fourth-order valence-corrected chi connectivity index (χ4v) is 5.00. The SMILES string of the molecule is CC(=O)N=C(N)c1ccc2c(c1)CN(c1ncc(Cc3ccc(-n4cccn4)cc3)s1)CC2. The molecule has 2 aromatic carbocycles. The van der Waals surface area contributed by atoms with E-state index in [1.807, 2.05) is 35.3 Å². The molecule has 3 heterocycles. The molecule has 1 aliphatic rings. The molecule has 166 valence electrons. The summed E-state index contributed by atoms with van der Waals surface area (Å²) in [6.07, 6.45) is 7.49. The van der Waals surface area contributed by atoms with E-state index in [4.69, 9.17) is 10.7 Å². The molecule has 4 aromatic rings. The molecule has 7 nitrogen and oxygen atoms in total. The maximum absolute atomic E-state index is 11.3. The van der Waals surface area contributed by atoms with E-state index in [0.717, 1.165) is 42.3 Å². The molecule has 0 aliphatic carbocycles. The summed E-state index contributed by atoms with van der Waals surface area (Å²) in [5, 5.41) is 5.30. The standard InChI is InChI=1S/C25H24N6OS/c1-17(32)29-24(26)20-6-5-19-9-12-30(16-21(19)14-20)25-27-15-23(33-25)13-18-3-7-22(8-4-18)31-11-2-10-28-31/h2-8,10-11,14-15H,9,12-13,16H2,1H3,(H2,26,29,32). The van der Waals surface area contributed by atoms with Gasteiger partial charge in [0.2, 0.25) is 5.91 Å². The Balaban J connectivity index is 1.28. The quantitative estimate of drug-likeness (QED) is 0.365. The molecule has 0 saturated carbocycles. The van der Waals surface area contributed by atoms with Crippen molar-refractivity contribution in [3.05, 3.63) is 94.3 Å². The van der Waals surface area contributed by atoms with E-state index in [-0.39, 0.29) is 11.7 Å². The molecule has 33 heavy (non-hydrogen) atoms. The minimum absolute atomic E-state index is 0.262. The van der Waals surface area contributed by atoms with Crippen molar-refractivity contribution in [3.63, 3.8) is 0 Å². The fourth-order valence-electron chi connectivity index (χ4n) is 4.03. The van der Waals surface area contributed by atoms with Crippen LogP contribution in [0.2, 0.25) is 0 Å². The van der Waals surface area contributed by atoms with Crippen molar-refractivity contribution < 1.29 is 4.79 Å². The third-order valence-corrected chi connectivity index (χ3v) is 6.75. The minimum Gasteiger partial charge on any atom is -0.383 e. The number of hydrogen-bond acceptors (Lipinski definition) is 5. The Hall–Kier alpha value is -3.78. The third-order valence-electron chi connectivity index (χ3n) is 5.69. The number of carbonyl (C=O) groups excluding carboxylic acids is 1. The molecule has 0 unspecified atom stereocenters. The largest absolute Gasteiger partial charge is 0.383 e. The lowest BCUT2D eigenvalue weighted by atomic mass is 9.97. The predicted octanol–water partition coefficient (Wildman–Crippen LogP) is 3.73. The first-order chi connectivity index (χ1) is 16.0. The Morgan fingerprint density at radius 1 is 1.18 bits per heavy atom. The zero-order valence-electron chi connectivity index (χ0n) is 18.3. The number of fused-ring (bicyclic) bond motifs is 1. The maximum atomic E-state index is 11.3. The molecule has 5 rings (SSSR count). The van der Waals surface area contributed by atoms with Crippen LogP contribution in [0.25, 0.3) is 5.69 Å². The molecule has 8 heteroatoms. The second-order valence-corrected chi connectivity index (χ2v) is 9.17. The number of hydrogen-bond donors (Lipinski definition) is 1. The van der Waals surface area contributed by atoms with Gasteiger partial charge in [0.05, 0.1) is 5.69 Å². The Morgan fingerprint density at radius 2 is 2.03 bits per heavy atom. The number of aromatic nitrogens is 3. The van der Waals surface area contributed by atoms with Crippen LogP contribution in [0.1, 0.15) is 34.1 Å². The summed E-state index contributed by atoms with van der Waals surface area (Å²) in [4.78, 5) is 23.4. The van der Waals surface area contributed by atoms with Gasteiger partial charge in [-0.2, -0.15) is 10.1 Å². The normalized spacial score (nSPS) is 13.7. The lowest BCUT2D eigenvalue weighted by Crippen LogP contribution is -2.30. The number of thiazole rings is 1. The summed E-state index contributed by atoms with van der Waals surface area (Å²) in [6, 6.07) is 16.4. The highest BCUT2D eigenvalue weighted by atomic mass is 32.1. The van der Waals surface area contributed by atoms with E-state index >= 15 is 0 Å². The van der Waals surface area contributed by atoms with Crippen LogP contribution >= 0.6 is 11.3 Å². The molecular formula is C25H24N6OS. The van der Waals surface area contributed by atoms with E-state index < -0.39 is 0 Å². The van der Waals surface area contributed by atoms with Gasteiger partial charge in [-0.25, -0.2) is 9.67 Å². The maximum Gasteiger partial charge on any atom is 0.244 e. The lowest BCUT2D eigenvalue weighted by Gasteiger charge is -2.28. The van der Waals surface area contributed by atoms with Crippen molar-refractivity contribution in [2.24, 2.45) is 10.7 Å². The van der Waals surface area contributed by atoms with Crippen molar-refractivity contribution in [2.75, 3.05) is 11.4 Å². The van der Waals surface area contributed by atoms with E-state index in [9.17, 15) is 4.79 Å². The number of benzene rings is 2. The molecule has 0 radical (unpaired) electrons. The zero-order chi connectivity index (χ0) is 22.8. The summed E-state index contributed by atoms with van der Waals surface area (Å²) in [5.74, 6) is -0.0317. The summed E-state index contributed by atoms with van der Waals surface area (Å²) < 4.78 is 1.85. The number of rotatable bonds is 5. The minimum atomic E-state index is -0.293. The van der Waals surface area contributed by atoms with Gasteiger partial charge in [-0.3, -0.25) is 4.79 Å². The van der Waals surface area contributed by atoms with Gasteiger partial charge in [-0.1, -0.05) is 24.3 Å². The summed E-state index contributed by atoms with van der Waals surface area (Å²) >= 11 is 1.73. The highest BCUT2D eigenvalue weighted by Gasteiger charge is 2.20. The van der Waals surface area contributed by atoms with E-state index in [1.54, 1.807) is 17.5 Å². The summed E-state index contributed by atoms with van der Waals surface area (Å²) in [6.45, 7) is 3.10. The molecule has 2 aromatic heterocycles. The van der Waals surface area contributed by atoms with Crippen LogP contribution in [0.15, 0.2) is 72.1 Å². The molecule has 2 N–H and O–H groups in total. The van der Waals surface area contributed by atoms with Gasteiger partial charge in [0.15, 0.2) is 5.13 Å². The van der Waals surface area contributed by atoms with Crippen LogP contribution in [0.4, 0.5) is 5.13 Å². The third kappa shape index (κ3) is 4.70. The molecule has 0 spiro atoms. The number of carbonyl (C=O) groups is 1. The number of amidine groups is 1. The number of anilines is 1. The first-order valence-corrected chi connectivity index (χ1v) is 11.6. The molecular weight excluding hydrogens is 432 g/mol.